The number of aliphatic carboxylic acids is 2. The standard InChI is InChI=1S/C28H32F6N8O3.2C2HF3O2/c29-27(30,31)19-7-3-17(4-8-19)15-26(16-18-5-9-20(10-6-18)28(32,33)34)21(43)41(13-1-11-39-23(35)36)25(45)42(22(26)44)14-2-12-40-24(37)38;2*3-2(4,5)1(6)7/h3-10H,1-2,11-16H2,(H4,35,36,39)(H4,37,38,40);2*(H,6,7). The average molecular weight is 871 g/mol. The number of amides is 4. The van der Waals surface area contributed by atoms with Crippen LogP contribution in [-0.2, 0) is 44.4 Å². The Balaban J connectivity index is 0.00000106. The number of hydrogen-bond acceptors (Lipinski definition) is 7. The maximum atomic E-state index is 14.2. The summed E-state index contributed by atoms with van der Waals surface area (Å²) >= 11 is 0. The Morgan fingerprint density at radius 1 is 0.559 bits per heavy atom. The summed E-state index contributed by atoms with van der Waals surface area (Å²) in [5.41, 5.74) is 17.6. The van der Waals surface area contributed by atoms with Crippen LogP contribution >= 0.6 is 0 Å². The lowest BCUT2D eigenvalue weighted by Gasteiger charge is -2.44. The van der Waals surface area contributed by atoms with Crippen molar-refractivity contribution >= 4 is 41.7 Å². The number of urea groups is 1. The molecular weight excluding hydrogens is 836 g/mol. The molecule has 0 aromatic heterocycles. The minimum atomic E-state index is -5.08. The molecule has 0 spiro atoms. The van der Waals surface area contributed by atoms with Crippen LogP contribution in [0, 0.1) is 5.41 Å². The van der Waals surface area contributed by atoms with Crippen molar-refractivity contribution in [2.75, 3.05) is 26.2 Å². The number of imide groups is 2. The molecule has 27 heteroatoms. The van der Waals surface area contributed by atoms with Gasteiger partial charge in [-0.1, -0.05) is 24.3 Å². The van der Waals surface area contributed by atoms with Crippen LogP contribution in [0.5, 0.6) is 0 Å². The summed E-state index contributed by atoms with van der Waals surface area (Å²) in [4.78, 5) is 68.9. The molecule has 1 saturated heterocycles. The lowest BCUT2D eigenvalue weighted by atomic mass is 9.72. The number of guanidine groups is 2. The highest BCUT2D eigenvalue weighted by atomic mass is 19.4. The molecule has 0 saturated carbocycles. The maximum Gasteiger partial charge on any atom is 0.490 e. The number of carboxylic acids is 2. The molecule has 1 heterocycles. The summed E-state index contributed by atoms with van der Waals surface area (Å²) in [6.07, 6.45) is -20.2. The minimum absolute atomic E-state index is 0.0165. The Bertz CT molecular complexity index is 1710. The van der Waals surface area contributed by atoms with E-state index in [1.54, 1.807) is 0 Å². The maximum absolute atomic E-state index is 14.2. The largest absolute Gasteiger partial charge is 0.490 e. The number of rotatable bonds is 12. The molecule has 0 unspecified atom stereocenters. The molecule has 59 heavy (non-hydrogen) atoms. The third-order valence-electron chi connectivity index (χ3n) is 7.50. The molecule has 0 bridgehead atoms. The number of hydrogen-bond donors (Lipinski definition) is 6. The summed E-state index contributed by atoms with van der Waals surface area (Å²) in [5, 5.41) is 14.2. The molecule has 10 N–H and O–H groups in total. The Morgan fingerprint density at radius 3 is 1.05 bits per heavy atom. The number of carboxylic acid groups (broad SMARTS) is 2. The summed E-state index contributed by atoms with van der Waals surface area (Å²) in [6.45, 7) is -0.451. The summed E-state index contributed by atoms with van der Waals surface area (Å²) in [7, 11) is 0. The number of barbiturate groups is 1. The number of alkyl halides is 12. The summed E-state index contributed by atoms with van der Waals surface area (Å²) in [6, 6.07) is 6.55. The zero-order valence-electron chi connectivity index (χ0n) is 29.8. The van der Waals surface area contributed by atoms with Gasteiger partial charge in [-0.15, -0.1) is 0 Å². The van der Waals surface area contributed by atoms with Gasteiger partial charge in [0, 0.05) is 26.2 Å². The van der Waals surface area contributed by atoms with Gasteiger partial charge in [0.25, 0.3) is 0 Å². The number of nitrogens with two attached hydrogens (primary N) is 4. The number of nitrogens with zero attached hydrogens (tertiary/aromatic N) is 4. The second-order valence-electron chi connectivity index (χ2n) is 11.9. The van der Waals surface area contributed by atoms with Crippen LogP contribution in [0.4, 0.5) is 57.5 Å². The predicted molar refractivity (Wildman–Crippen MR) is 180 cm³/mol. The highest BCUT2D eigenvalue weighted by Crippen LogP contribution is 2.39. The first-order chi connectivity index (χ1) is 26.8. The first-order valence-electron chi connectivity index (χ1n) is 16.1. The zero-order chi connectivity index (χ0) is 45.7. The van der Waals surface area contributed by atoms with Crippen LogP contribution < -0.4 is 22.9 Å². The molecule has 2 aromatic carbocycles. The Kier molecular flexibility index (Phi) is 17.5. The van der Waals surface area contributed by atoms with Gasteiger partial charge < -0.3 is 33.1 Å². The van der Waals surface area contributed by atoms with E-state index in [0.717, 1.165) is 58.3 Å². The van der Waals surface area contributed by atoms with Crippen LogP contribution in [0.15, 0.2) is 58.5 Å². The van der Waals surface area contributed by atoms with E-state index in [1.807, 2.05) is 0 Å². The molecule has 1 aliphatic heterocycles. The quantitative estimate of drug-likeness (QED) is 0.0586. The SMILES string of the molecule is NC(N)=NCCCN1C(=O)N(CCCN=C(N)N)C(=O)C(Cc2ccc(C(F)(F)F)cc2)(Cc2ccc(C(F)(F)F)cc2)C1=O.O=C(O)C(F)(F)F.O=C(O)C(F)(F)F. The first kappa shape index (κ1) is 50.7. The van der Waals surface area contributed by atoms with Gasteiger partial charge in [0.15, 0.2) is 11.9 Å². The van der Waals surface area contributed by atoms with Gasteiger partial charge in [0.2, 0.25) is 11.8 Å². The number of carbonyl (C=O) groups is 5. The van der Waals surface area contributed by atoms with Crippen LogP contribution in [0.3, 0.4) is 0 Å². The lowest BCUT2D eigenvalue weighted by molar-refractivity contribution is -0.193. The highest BCUT2D eigenvalue weighted by Gasteiger charge is 2.57. The average Bonchev–Trinajstić information content (AvgIpc) is 3.09. The van der Waals surface area contributed by atoms with Crippen LogP contribution in [0.1, 0.15) is 35.1 Å². The van der Waals surface area contributed by atoms with Gasteiger partial charge in [-0.2, -0.15) is 52.7 Å². The van der Waals surface area contributed by atoms with Crippen molar-refractivity contribution in [3.8, 4) is 0 Å². The topological polar surface area (TPSA) is 261 Å². The van der Waals surface area contributed by atoms with Crippen LogP contribution in [0.2, 0.25) is 0 Å². The van der Waals surface area contributed by atoms with E-state index in [1.165, 1.54) is 0 Å². The summed E-state index contributed by atoms with van der Waals surface area (Å²) < 4.78 is 143. The molecule has 1 aliphatic rings. The van der Waals surface area contributed by atoms with Gasteiger partial charge in [-0.05, 0) is 61.1 Å². The molecule has 4 amide bonds. The molecule has 2 aromatic rings. The zero-order valence-corrected chi connectivity index (χ0v) is 29.8. The molecule has 328 valence electrons. The third-order valence-corrected chi connectivity index (χ3v) is 7.50. The molecule has 0 aliphatic carbocycles. The van der Waals surface area contributed by atoms with Crippen molar-refractivity contribution in [2.24, 2.45) is 38.3 Å². The van der Waals surface area contributed by atoms with E-state index in [-0.39, 0.29) is 62.1 Å². The van der Waals surface area contributed by atoms with E-state index in [4.69, 9.17) is 42.7 Å². The van der Waals surface area contributed by atoms with E-state index in [2.05, 4.69) is 9.98 Å². The fourth-order valence-electron chi connectivity index (χ4n) is 4.88. The molecule has 0 radical (unpaired) electrons. The normalized spacial score (nSPS) is 14.3. The van der Waals surface area contributed by atoms with Gasteiger partial charge in [0.05, 0.1) is 11.1 Å². The van der Waals surface area contributed by atoms with Gasteiger partial charge in [0.1, 0.15) is 5.41 Å². The van der Waals surface area contributed by atoms with Crippen LogP contribution in [0.25, 0.3) is 0 Å². The predicted octanol–water partition coefficient (Wildman–Crippen LogP) is 3.88. The van der Waals surface area contributed by atoms with E-state index in [0.29, 0.717) is 0 Å². The van der Waals surface area contributed by atoms with Crippen LogP contribution in [-0.4, -0.2) is 100 Å². The van der Waals surface area contributed by atoms with Crippen molar-refractivity contribution in [2.45, 2.75) is 50.4 Å². The fourth-order valence-corrected chi connectivity index (χ4v) is 4.88. The first-order valence-corrected chi connectivity index (χ1v) is 16.1. The third kappa shape index (κ3) is 15.9. The second kappa shape index (κ2) is 20.4. The molecular formula is C32H34F12N8O7. The van der Waals surface area contributed by atoms with Crippen molar-refractivity contribution < 1.29 is 86.9 Å². The number of aliphatic imine (C=N–C) groups is 2. The molecule has 15 nitrogen and oxygen atoms in total. The monoisotopic (exact) mass is 870 g/mol. The van der Waals surface area contributed by atoms with Gasteiger partial charge in [-0.25, -0.2) is 14.4 Å². The molecule has 1 fully saturated rings. The van der Waals surface area contributed by atoms with Crippen molar-refractivity contribution in [1.82, 2.24) is 9.80 Å². The Hall–Kier alpha value is -6.31. The van der Waals surface area contributed by atoms with E-state index >= 15 is 0 Å². The van der Waals surface area contributed by atoms with Gasteiger partial charge in [-0.3, -0.25) is 29.4 Å². The number of carbonyl (C=O) groups excluding carboxylic acids is 3. The lowest BCUT2D eigenvalue weighted by Crippen LogP contribution is -2.66. The Morgan fingerprint density at radius 2 is 0.831 bits per heavy atom. The van der Waals surface area contributed by atoms with E-state index in [9.17, 15) is 67.1 Å². The highest BCUT2D eigenvalue weighted by molar-refractivity contribution is 6.19. The fraction of sp³-hybridized carbons (Fsp3) is 0.406. The Labute approximate surface area is 324 Å². The van der Waals surface area contributed by atoms with Crippen molar-refractivity contribution in [1.29, 1.82) is 0 Å². The number of benzene rings is 2. The smallest absolute Gasteiger partial charge is 0.475 e. The van der Waals surface area contributed by atoms with Crippen molar-refractivity contribution in [3.05, 3.63) is 70.8 Å². The van der Waals surface area contributed by atoms with E-state index < -0.39 is 83.9 Å². The molecule has 0 atom stereocenters. The number of halogens is 12. The summed E-state index contributed by atoms with van der Waals surface area (Å²) in [5.74, 6) is -7.92. The van der Waals surface area contributed by atoms with Gasteiger partial charge >= 0.3 is 42.7 Å². The van der Waals surface area contributed by atoms with Crippen molar-refractivity contribution in [3.63, 3.8) is 0 Å². The molecule has 3 rings (SSSR count). The second-order valence-corrected chi connectivity index (χ2v) is 11.9. The minimum Gasteiger partial charge on any atom is -0.475 e.